The highest BCUT2D eigenvalue weighted by molar-refractivity contribution is 7.80. The average molecular weight is 347 g/mol. The Hall–Kier alpha value is -2.67. The van der Waals surface area contributed by atoms with E-state index in [4.69, 9.17) is 17.0 Å². The summed E-state index contributed by atoms with van der Waals surface area (Å²) in [6.45, 7) is 2.17. The van der Waals surface area contributed by atoms with E-state index in [0.29, 0.717) is 22.9 Å². The first-order chi connectivity index (χ1) is 11.5. The molecule has 0 heterocycles. The number of benzene rings is 2. The SMILES string of the molecule is COc1ccc(CNC(=S)N/N=C(\C)c2cc(F)ccc2O)cc1. The standard InChI is InChI=1S/C17H18FN3O2S/c1-11(15-9-13(18)5-8-16(15)22)20-21-17(24)19-10-12-3-6-14(23-2)7-4-12/h3-9,22H,10H2,1-2H3,(H2,19,21,24)/b20-11+. The van der Waals surface area contributed by atoms with E-state index in [-0.39, 0.29) is 5.75 Å². The molecule has 0 saturated carbocycles. The zero-order valence-electron chi connectivity index (χ0n) is 13.3. The number of ether oxygens (including phenoxy) is 1. The van der Waals surface area contributed by atoms with Crippen LogP contribution in [0.2, 0.25) is 0 Å². The van der Waals surface area contributed by atoms with Crippen molar-refractivity contribution in [2.24, 2.45) is 5.10 Å². The molecule has 0 aliphatic heterocycles. The summed E-state index contributed by atoms with van der Waals surface area (Å²) in [6, 6.07) is 11.3. The van der Waals surface area contributed by atoms with E-state index in [2.05, 4.69) is 15.8 Å². The predicted octanol–water partition coefficient (Wildman–Crippen LogP) is 2.93. The molecule has 0 amide bonds. The van der Waals surface area contributed by atoms with Gasteiger partial charge < -0.3 is 15.2 Å². The van der Waals surface area contributed by atoms with Crippen LogP contribution in [0.1, 0.15) is 18.1 Å². The number of aromatic hydroxyl groups is 1. The Labute approximate surface area is 145 Å². The number of methoxy groups -OCH3 is 1. The lowest BCUT2D eigenvalue weighted by Gasteiger charge is -2.09. The Kier molecular flexibility index (Phi) is 6.08. The quantitative estimate of drug-likeness (QED) is 0.441. The van der Waals surface area contributed by atoms with Gasteiger partial charge in [-0.3, -0.25) is 5.43 Å². The molecule has 0 radical (unpaired) electrons. The Balaban J connectivity index is 1.90. The van der Waals surface area contributed by atoms with Crippen molar-refractivity contribution in [2.45, 2.75) is 13.5 Å². The van der Waals surface area contributed by atoms with Crippen LogP contribution < -0.4 is 15.5 Å². The molecule has 0 aromatic heterocycles. The molecule has 3 N–H and O–H groups in total. The number of halogens is 1. The summed E-state index contributed by atoms with van der Waals surface area (Å²) >= 11 is 5.14. The molecule has 7 heteroatoms. The van der Waals surface area contributed by atoms with E-state index < -0.39 is 5.82 Å². The molecule has 0 saturated heterocycles. The topological polar surface area (TPSA) is 65.9 Å². The van der Waals surface area contributed by atoms with Crippen LogP contribution in [0, 0.1) is 5.82 Å². The van der Waals surface area contributed by atoms with Gasteiger partial charge in [0.1, 0.15) is 17.3 Å². The minimum absolute atomic E-state index is 0.0449. The minimum atomic E-state index is -0.447. The molecule has 0 aliphatic carbocycles. The highest BCUT2D eigenvalue weighted by Gasteiger charge is 2.06. The second-order valence-corrected chi connectivity index (χ2v) is 5.41. The number of hydrazone groups is 1. The van der Waals surface area contributed by atoms with E-state index in [1.807, 2.05) is 24.3 Å². The number of rotatable bonds is 5. The van der Waals surface area contributed by atoms with Crippen LogP contribution in [0.25, 0.3) is 0 Å². The zero-order valence-corrected chi connectivity index (χ0v) is 14.2. The van der Waals surface area contributed by atoms with E-state index in [9.17, 15) is 9.50 Å². The summed E-state index contributed by atoms with van der Waals surface area (Å²) in [7, 11) is 1.61. The van der Waals surface area contributed by atoms with E-state index >= 15 is 0 Å². The smallest absolute Gasteiger partial charge is 0.187 e. The molecular formula is C17H18FN3O2S. The van der Waals surface area contributed by atoms with Gasteiger partial charge in [0.05, 0.1) is 12.8 Å². The fourth-order valence-corrected chi connectivity index (χ4v) is 2.08. The van der Waals surface area contributed by atoms with Crippen LogP contribution in [0.4, 0.5) is 4.39 Å². The molecule has 0 bridgehead atoms. The zero-order chi connectivity index (χ0) is 17.5. The maximum absolute atomic E-state index is 13.2. The lowest BCUT2D eigenvalue weighted by atomic mass is 10.1. The number of phenols is 1. The number of phenolic OH excluding ortho intramolecular Hbond substituents is 1. The summed E-state index contributed by atoms with van der Waals surface area (Å²) in [5.74, 6) is 0.295. The highest BCUT2D eigenvalue weighted by Crippen LogP contribution is 2.18. The summed E-state index contributed by atoms with van der Waals surface area (Å²) < 4.78 is 18.3. The lowest BCUT2D eigenvalue weighted by Crippen LogP contribution is -2.32. The fourth-order valence-electron chi connectivity index (χ4n) is 1.96. The number of hydrogen-bond acceptors (Lipinski definition) is 4. The average Bonchev–Trinajstić information content (AvgIpc) is 2.60. The number of nitrogens with one attached hydrogen (secondary N) is 2. The molecular weight excluding hydrogens is 329 g/mol. The van der Waals surface area contributed by atoms with Crippen LogP contribution in [0.5, 0.6) is 11.5 Å². The molecule has 24 heavy (non-hydrogen) atoms. The first-order valence-electron chi connectivity index (χ1n) is 7.19. The molecule has 2 aromatic carbocycles. The third-order valence-electron chi connectivity index (χ3n) is 3.29. The Bertz CT molecular complexity index is 748. The van der Waals surface area contributed by atoms with Gasteiger partial charge in [0.25, 0.3) is 0 Å². The molecule has 0 spiro atoms. The van der Waals surface area contributed by atoms with Gasteiger partial charge in [0.2, 0.25) is 0 Å². The van der Waals surface area contributed by atoms with Crippen molar-refractivity contribution in [3.05, 3.63) is 59.4 Å². The maximum Gasteiger partial charge on any atom is 0.187 e. The summed E-state index contributed by atoms with van der Waals surface area (Å²) in [5, 5.41) is 17.1. The molecule has 0 atom stereocenters. The van der Waals surface area contributed by atoms with Gasteiger partial charge in [0.15, 0.2) is 5.11 Å². The number of thiocarbonyl (C=S) groups is 1. The lowest BCUT2D eigenvalue weighted by molar-refractivity contribution is 0.414. The molecule has 5 nitrogen and oxygen atoms in total. The Morgan fingerprint density at radius 2 is 1.96 bits per heavy atom. The van der Waals surface area contributed by atoms with Crippen molar-refractivity contribution >= 4 is 23.0 Å². The third-order valence-corrected chi connectivity index (χ3v) is 3.52. The number of hydrogen-bond donors (Lipinski definition) is 3. The van der Waals surface area contributed by atoms with Crippen LogP contribution in [0.3, 0.4) is 0 Å². The maximum atomic E-state index is 13.2. The van der Waals surface area contributed by atoms with Crippen LogP contribution >= 0.6 is 12.2 Å². The van der Waals surface area contributed by atoms with Crippen molar-refractivity contribution in [3.63, 3.8) is 0 Å². The van der Waals surface area contributed by atoms with Gasteiger partial charge >= 0.3 is 0 Å². The summed E-state index contributed by atoms with van der Waals surface area (Å²) in [4.78, 5) is 0. The molecule has 0 aliphatic rings. The molecule has 2 aromatic rings. The van der Waals surface area contributed by atoms with Gasteiger partial charge in [-0.2, -0.15) is 5.10 Å². The van der Waals surface area contributed by atoms with Gasteiger partial charge in [0, 0.05) is 12.1 Å². The molecule has 0 unspecified atom stereocenters. The van der Waals surface area contributed by atoms with Gasteiger partial charge in [-0.1, -0.05) is 12.1 Å². The van der Waals surface area contributed by atoms with E-state index in [0.717, 1.165) is 11.3 Å². The second kappa shape index (κ2) is 8.26. The van der Waals surface area contributed by atoms with E-state index in [1.54, 1.807) is 14.0 Å². The predicted molar refractivity (Wildman–Crippen MR) is 95.8 cm³/mol. The van der Waals surface area contributed by atoms with Crippen molar-refractivity contribution in [1.82, 2.24) is 10.7 Å². The molecule has 2 rings (SSSR count). The minimum Gasteiger partial charge on any atom is -0.507 e. The Morgan fingerprint density at radius 1 is 1.25 bits per heavy atom. The third kappa shape index (κ3) is 4.92. The van der Waals surface area contributed by atoms with Gasteiger partial charge in [-0.15, -0.1) is 0 Å². The monoisotopic (exact) mass is 347 g/mol. The van der Waals surface area contributed by atoms with Crippen LogP contribution in [-0.2, 0) is 6.54 Å². The first-order valence-corrected chi connectivity index (χ1v) is 7.60. The van der Waals surface area contributed by atoms with Crippen molar-refractivity contribution < 1.29 is 14.2 Å². The normalized spacial score (nSPS) is 11.0. The highest BCUT2D eigenvalue weighted by atomic mass is 32.1. The van der Waals surface area contributed by atoms with Crippen molar-refractivity contribution in [3.8, 4) is 11.5 Å². The number of nitrogens with zero attached hydrogens (tertiary/aromatic N) is 1. The fraction of sp³-hybridized carbons (Fsp3) is 0.176. The largest absolute Gasteiger partial charge is 0.507 e. The first kappa shape index (κ1) is 17.7. The van der Waals surface area contributed by atoms with Gasteiger partial charge in [-0.25, -0.2) is 4.39 Å². The molecule has 126 valence electrons. The second-order valence-electron chi connectivity index (χ2n) is 5.00. The Morgan fingerprint density at radius 3 is 2.62 bits per heavy atom. The van der Waals surface area contributed by atoms with E-state index in [1.165, 1.54) is 18.2 Å². The van der Waals surface area contributed by atoms with Gasteiger partial charge in [-0.05, 0) is 55.0 Å². The van der Waals surface area contributed by atoms with Crippen molar-refractivity contribution in [1.29, 1.82) is 0 Å². The van der Waals surface area contributed by atoms with Crippen LogP contribution in [-0.4, -0.2) is 23.0 Å². The van der Waals surface area contributed by atoms with Crippen molar-refractivity contribution in [2.75, 3.05) is 7.11 Å². The summed E-state index contributed by atoms with van der Waals surface area (Å²) in [6.07, 6.45) is 0. The van der Waals surface area contributed by atoms with Crippen LogP contribution in [0.15, 0.2) is 47.6 Å². The summed E-state index contributed by atoms with van der Waals surface area (Å²) in [5.41, 5.74) is 4.42. The molecule has 0 fully saturated rings.